The molecule has 1 N–H and O–H groups in total. The van der Waals surface area contributed by atoms with Crippen LogP contribution in [-0.4, -0.2) is 11.2 Å². The highest BCUT2D eigenvalue weighted by atomic mass is 35.5. The highest BCUT2D eigenvalue weighted by Crippen LogP contribution is 2.30. The zero-order valence-corrected chi connectivity index (χ0v) is 12.9. The van der Waals surface area contributed by atoms with Crippen LogP contribution < -0.4 is 5.32 Å². The van der Waals surface area contributed by atoms with Gasteiger partial charge < -0.3 is 5.32 Å². The molecule has 0 bridgehead atoms. The van der Waals surface area contributed by atoms with Crippen molar-refractivity contribution in [3.05, 3.63) is 59.1 Å². The Balaban J connectivity index is 2.03. The highest BCUT2D eigenvalue weighted by Gasteiger charge is 2.16. The van der Waals surface area contributed by atoms with E-state index in [0.717, 1.165) is 4.90 Å². The van der Waals surface area contributed by atoms with E-state index in [1.165, 1.54) is 11.8 Å². The Hall–Kier alpha value is -1.96. The van der Waals surface area contributed by atoms with E-state index in [1.54, 1.807) is 30.3 Å². The van der Waals surface area contributed by atoms with Gasteiger partial charge in [-0.15, -0.1) is 11.8 Å². The topological polar surface area (TPSA) is 52.9 Å². The van der Waals surface area contributed by atoms with Gasteiger partial charge in [0.05, 0.1) is 21.9 Å². The molecule has 2 aromatic rings. The summed E-state index contributed by atoms with van der Waals surface area (Å²) in [5.74, 6) is -0.130. The van der Waals surface area contributed by atoms with Crippen LogP contribution in [-0.2, 0) is 4.79 Å². The highest BCUT2D eigenvalue weighted by molar-refractivity contribution is 8.00. The third-order valence-electron chi connectivity index (χ3n) is 2.77. The molecular weight excluding hydrogens is 304 g/mol. The lowest BCUT2D eigenvalue weighted by Crippen LogP contribution is -2.22. The maximum atomic E-state index is 12.2. The number of carbonyl (C=O) groups is 1. The Kier molecular flexibility index (Phi) is 5.26. The molecule has 2 aromatic carbocycles. The van der Waals surface area contributed by atoms with Gasteiger partial charge in [-0.2, -0.15) is 5.26 Å². The van der Waals surface area contributed by atoms with Crippen molar-refractivity contribution in [1.29, 1.82) is 5.26 Å². The summed E-state index contributed by atoms with van der Waals surface area (Å²) in [6.45, 7) is 1.82. The van der Waals surface area contributed by atoms with Gasteiger partial charge in [0.2, 0.25) is 5.91 Å². The quantitative estimate of drug-likeness (QED) is 0.854. The van der Waals surface area contributed by atoms with Crippen LogP contribution in [0.4, 0.5) is 5.69 Å². The van der Waals surface area contributed by atoms with Crippen molar-refractivity contribution in [1.82, 2.24) is 0 Å². The van der Waals surface area contributed by atoms with E-state index < -0.39 is 0 Å². The molecule has 0 aliphatic carbocycles. The summed E-state index contributed by atoms with van der Waals surface area (Å²) in [6.07, 6.45) is 0. The Labute approximate surface area is 132 Å². The first-order valence-electron chi connectivity index (χ1n) is 6.32. The lowest BCUT2D eigenvalue weighted by Gasteiger charge is -2.13. The van der Waals surface area contributed by atoms with E-state index in [-0.39, 0.29) is 11.2 Å². The van der Waals surface area contributed by atoms with E-state index in [0.29, 0.717) is 16.3 Å². The molecule has 0 aromatic heterocycles. The summed E-state index contributed by atoms with van der Waals surface area (Å²) in [6, 6.07) is 16.3. The number of nitrogens with one attached hydrogen (secondary N) is 1. The first kappa shape index (κ1) is 15.4. The second-order valence-corrected chi connectivity index (χ2v) is 6.16. The van der Waals surface area contributed by atoms with Crippen molar-refractivity contribution in [2.75, 3.05) is 5.32 Å². The minimum atomic E-state index is -0.296. The Morgan fingerprint density at radius 3 is 2.76 bits per heavy atom. The van der Waals surface area contributed by atoms with Crippen molar-refractivity contribution in [2.45, 2.75) is 17.1 Å². The standard InChI is InChI=1S/C16H13ClN2OS/c1-11(21-15-8-3-2-7-14(15)17)16(20)19-13-6-4-5-12(9-13)10-18/h2-9,11H,1H3,(H,19,20). The van der Waals surface area contributed by atoms with Crippen LogP contribution >= 0.6 is 23.4 Å². The van der Waals surface area contributed by atoms with Crippen LogP contribution in [0.25, 0.3) is 0 Å². The molecule has 1 amide bonds. The fraction of sp³-hybridized carbons (Fsp3) is 0.125. The number of thioether (sulfide) groups is 1. The van der Waals surface area contributed by atoms with Crippen LogP contribution in [0, 0.1) is 11.3 Å². The molecule has 0 saturated heterocycles. The second kappa shape index (κ2) is 7.16. The second-order valence-electron chi connectivity index (χ2n) is 4.37. The largest absolute Gasteiger partial charge is 0.325 e. The number of nitriles is 1. The van der Waals surface area contributed by atoms with Crippen LogP contribution in [0.2, 0.25) is 5.02 Å². The fourth-order valence-electron chi connectivity index (χ4n) is 1.69. The Morgan fingerprint density at radius 2 is 2.05 bits per heavy atom. The summed E-state index contributed by atoms with van der Waals surface area (Å²) in [4.78, 5) is 13.0. The fourth-order valence-corrected chi connectivity index (χ4v) is 2.85. The average Bonchev–Trinajstić information content (AvgIpc) is 2.49. The number of carbonyl (C=O) groups excluding carboxylic acids is 1. The van der Waals surface area contributed by atoms with E-state index >= 15 is 0 Å². The third kappa shape index (κ3) is 4.25. The van der Waals surface area contributed by atoms with Gasteiger partial charge in [-0.05, 0) is 37.3 Å². The van der Waals surface area contributed by atoms with Gasteiger partial charge in [0.15, 0.2) is 0 Å². The first-order valence-corrected chi connectivity index (χ1v) is 7.58. The molecule has 3 nitrogen and oxygen atoms in total. The number of halogens is 1. The number of nitrogens with zero attached hydrogens (tertiary/aromatic N) is 1. The number of benzene rings is 2. The molecule has 0 saturated carbocycles. The van der Waals surface area contributed by atoms with Gasteiger partial charge >= 0.3 is 0 Å². The number of hydrogen-bond acceptors (Lipinski definition) is 3. The maximum absolute atomic E-state index is 12.2. The average molecular weight is 317 g/mol. The third-order valence-corrected chi connectivity index (χ3v) is 4.39. The summed E-state index contributed by atoms with van der Waals surface area (Å²) >= 11 is 7.48. The van der Waals surface area contributed by atoms with Crippen molar-refractivity contribution >= 4 is 35.0 Å². The monoisotopic (exact) mass is 316 g/mol. The predicted octanol–water partition coefficient (Wildman–Crippen LogP) is 4.33. The lowest BCUT2D eigenvalue weighted by molar-refractivity contribution is -0.115. The SMILES string of the molecule is CC(Sc1ccccc1Cl)C(=O)Nc1cccc(C#N)c1. The molecule has 0 radical (unpaired) electrons. The minimum absolute atomic E-state index is 0.130. The molecule has 0 aliphatic rings. The summed E-state index contributed by atoms with van der Waals surface area (Å²) < 4.78 is 0. The van der Waals surface area contributed by atoms with Crippen LogP contribution in [0.15, 0.2) is 53.4 Å². The number of anilines is 1. The lowest BCUT2D eigenvalue weighted by atomic mass is 10.2. The van der Waals surface area contributed by atoms with Gasteiger partial charge in [0, 0.05) is 10.6 Å². The summed E-state index contributed by atoms with van der Waals surface area (Å²) in [7, 11) is 0. The Bertz CT molecular complexity index is 697. The smallest absolute Gasteiger partial charge is 0.237 e. The molecule has 0 aliphatic heterocycles. The van der Waals surface area contributed by atoms with Crippen LogP contribution in [0.5, 0.6) is 0 Å². The zero-order chi connectivity index (χ0) is 15.2. The number of hydrogen-bond donors (Lipinski definition) is 1. The molecular formula is C16H13ClN2OS. The number of rotatable bonds is 4. The van der Waals surface area contributed by atoms with Gasteiger partial charge in [-0.25, -0.2) is 0 Å². The van der Waals surface area contributed by atoms with E-state index in [1.807, 2.05) is 31.2 Å². The summed E-state index contributed by atoms with van der Waals surface area (Å²) in [5, 5.41) is 12.0. The van der Waals surface area contributed by atoms with Gasteiger partial charge in [-0.3, -0.25) is 4.79 Å². The van der Waals surface area contributed by atoms with Crippen LogP contribution in [0.3, 0.4) is 0 Å². The van der Waals surface area contributed by atoms with E-state index in [2.05, 4.69) is 5.32 Å². The van der Waals surface area contributed by atoms with Crippen molar-refractivity contribution < 1.29 is 4.79 Å². The Morgan fingerprint density at radius 1 is 1.29 bits per heavy atom. The maximum Gasteiger partial charge on any atom is 0.237 e. The molecule has 106 valence electrons. The zero-order valence-electron chi connectivity index (χ0n) is 11.3. The van der Waals surface area contributed by atoms with E-state index in [4.69, 9.17) is 16.9 Å². The van der Waals surface area contributed by atoms with Gasteiger partial charge in [0.1, 0.15) is 0 Å². The van der Waals surface area contributed by atoms with Crippen molar-refractivity contribution in [3.63, 3.8) is 0 Å². The van der Waals surface area contributed by atoms with E-state index in [9.17, 15) is 4.79 Å². The summed E-state index contributed by atoms with van der Waals surface area (Å²) in [5.41, 5.74) is 1.13. The van der Waals surface area contributed by atoms with Crippen molar-refractivity contribution in [2.24, 2.45) is 0 Å². The molecule has 2 rings (SSSR count). The molecule has 0 fully saturated rings. The molecule has 0 spiro atoms. The normalized spacial score (nSPS) is 11.5. The molecule has 21 heavy (non-hydrogen) atoms. The van der Waals surface area contributed by atoms with Crippen LogP contribution in [0.1, 0.15) is 12.5 Å². The predicted molar refractivity (Wildman–Crippen MR) is 86.6 cm³/mol. The van der Waals surface area contributed by atoms with Gasteiger partial charge in [0.25, 0.3) is 0 Å². The molecule has 0 heterocycles. The molecule has 1 unspecified atom stereocenters. The van der Waals surface area contributed by atoms with Gasteiger partial charge in [-0.1, -0.05) is 29.8 Å². The minimum Gasteiger partial charge on any atom is -0.325 e. The number of amides is 1. The molecule has 1 atom stereocenters. The van der Waals surface area contributed by atoms with Crippen molar-refractivity contribution in [3.8, 4) is 6.07 Å². The first-order chi connectivity index (χ1) is 10.1. The molecule has 5 heteroatoms.